The summed E-state index contributed by atoms with van der Waals surface area (Å²) in [5, 5.41) is 0. The molecule has 0 radical (unpaired) electrons. The highest BCUT2D eigenvalue weighted by molar-refractivity contribution is 6.07. The quantitative estimate of drug-likeness (QED) is 0.675. The van der Waals surface area contributed by atoms with Gasteiger partial charge < -0.3 is 4.90 Å². The zero-order valence-corrected chi connectivity index (χ0v) is 13.3. The molecule has 0 fully saturated rings. The van der Waals surface area contributed by atoms with Gasteiger partial charge in [0.15, 0.2) is 0 Å². The van der Waals surface area contributed by atoms with Gasteiger partial charge in [0, 0.05) is 19.2 Å². The van der Waals surface area contributed by atoms with Crippen LogP contribution in [0.3, 0.4) is 0 Å². The number of amides is 1. The molecule has 0 N–H and O–H groups in total. The maximum atomic E-state index is 14.0. The first-order valence-electron chi connectivity index (χ1n) is 7.08. The fraction of sp³-hybridized carbons (Fsp3) is 0.533. The molecule has 1 atom stereocenters. The van der Waals surface area contributed by atoms with Gasteiger partial charge in [-0.15, -0.1) is 0 Å². The summed E-state index contributed by atoms with van der Waals surface area (Å²) >= 11 is 0. The number of benzene rings is 1. The summed E-state index contributed by atoms with van der Waals surface area (Å²) < 4.78 is 118. The Morgan fingerprint density at radius 2 is 1.42 bits per heavy atom. The van der Waals surface area contributed by atoms with E-state index in [2.05, 4.69) is 0 Å². The van der Waals surface area contributed by atoms with Crippen molar-refractivity contribution in [2.45, 2.75) is 42.7 Å². The summed E-state index contributed by atoms with van der Waals surface area (Å²) in [5.41, 5.74) is -2.50. The molecule has 146 valence electrons. The van der Waals surface area contributed by atoms with Crippen LogP contribution in [0.25, 0.3) is 0 Å². The molecule has 1 amide bonds. The lowest BCUT2D eigenvalue weighted by atomic mass is 9.76. The standard InChI is InChI=1S/C15H12F9NO/c1-11(8-5-3-4-6-9(8)25(2)10(11)26)7-12(16,17)13(18,19)14(20,21)15(22,23)24/h3-6H,7H2,1-2H3/t11-/m0/s1. The number of fused-ring (bicyclic) bond motifs is 1. The van der Waals surface area contributed by atoms with E-state index in [1.807, 2.05) is 0 Å². The number of anilines is 1. The van der Waals surface area contributed by atoms with Crippen molar-refractivity contribution in [2.75, 3.05) is 11.9 Å². The first kappa shape index (κ1) is 20.4. The van der Waals surface area contributed by atoms with Gasteiger partial charge in [0.2, 0.25) is 5.91 Å². The first-order valence-corrected chi connectivity index (χ1v) is 7.08. The number of hydrogen-bond donors (Lipinski definition) is 0. The molecule has 0 bridgehead atoms. The highest BCUT2D eigenvalue weighted by Gasteiger charge is 2.82. The molecular weight excluding hydrogens is 381 g/mol. The lowest BCUT2D eigenvalue weighted by Crippen LogP contribution is -2.62. The molecule has 0 aliphatic carbocycles. The molecule has 0 saturated heterocycles. The van der Waals surface area contributed by atoms with E-state index in [-0.39, 0.29) is 11.3 Å². The van der Waals surface area contributed by atoms with Gasteiger partial charge in [-0.1, -0.05) is 18.2 Å². The third kappa shape index (κ3) is 2.54. The minimum Gasteiger partial charge on any atom is -0.314 e. The van der Waals surface area contributed by atoms with Crippen molar-refractivity contribution in [3.05, 3.63) is 29.8 Å². The number of alkyl halides is 9. The van der Waals surface area contributed by atoms with Crippen LogP contribution >= 0.6 is 0 Å². The molecule has 0 saturated carbocycles. The van der Waals surface area contributed by atoms with Gasteiger partial charge in [-0.05, 0) is 18.6 Å². The number of halogens is 9. The largest absolute Gasteiger partial charge is 0.460 e. The maximum Gasteiger partial charge on any atom is 0.460 e. The lowest BCUT2D eigenvalue weighted by molar-refractivity contribution is -0.397. The lowest BCUT2D eigenvalue weighted by Gasteiger charge is -2.37. The van der Waals surface area contributed by atoms with Crippen molar-refractivity contribution in [3.8, 4) is 0 Å². The van der Waals surface area contributed by atoms with Crippen LogP contribution in [-0.2, 0) is 10.2 Å². The summed E-state index contributed by atoms with van der Waals surface area (Å²) in [6.45, 7) is 0.799. The molecule has 11 heteroatoms. The third-order valence-corrected chi connectivity index (χ3v) is 4.42. The van der Waals surface area contributed by atoms with Crippen LogP contribution in [-0.4, -0.2) is 36.9 Å². The fourth-order valence-electron chi connectivity index (χ4n) is 2.96. The van der Waals surface area contributed by atoms with Crippen molar-refractivity contribution in [1.82, 2.24) is 0 Å². The van der Waals surface area contributed by atoms with E-state index >= 15 is 0 Å². The highest BCUT2D eigenvalue weighted by Crippen LogP contribution is 2.57. The summed E-state index contributed by atoms with van der Waals surface area (Å²) in [6, 6.07) is 5.16. The predicted octanol–water partition coefficient (Wildman–Crippen LogP) is 4.78. The van der Waals surface area contributed by atoms with Gasteiger partial charge >= 0.3 is 23.9 Å². The van der Waals surface area contributed by atoms with Crippen molar-refractivity contribution < 1.29 is 44.3 Å². The summed E-state index contributed by atoms with van der Waals surface area (Å²) in [5.74, 6) is -20.7. The van der Waals surface area contributed by atoms with E-state index < -0.39 is 41.7 Å². The second kappa shape index (κ2) is 5.53. The van der Waals surface area contributed by atoms with E-state index in [1.54, 1.807) is 0 Å². The molecule has 1 aromatic carbocycles. The monoisotopic (exact) mass is 393 g/mol. The van der Waals surface area contributed by atoms with Crippen LogP contribution in [0.1, 0.15) is 18.9 Å². The average Bonchev–Trinajstić information content (AvgIpc) is 2.68. The molecular formula is C15H12F9NO. The van der Waals surface area contributed by atoms with Crippen LogP contribution < -0.4 is 4.90 Å². The van der Waals surface area contributed by atoms with Gasteiger partial charge in [-0.25, -0.2) is 0 Å². The van der Waals surface area contributed by atoms with Crippen molar-refractivity contribution >= 4 is 11.6 Å². The minimum atomic E-state index is -6.98. The zero-order valence-electron chi connectivity index (χ0n) is 13.3. The van der Waals surface area contributed by atoms with Crippen LogP contribution in [0.5, 0.6) is 0 Å². The molecule has 0 aromatic heterocycles. The van der Waals surface area contributed by atoms with Crippen molar-refractivity contribution in [3.63, 3.8) is 0 Å². The maximum absolute atomic E-state index is 14.0. The summed E-state index contributed by atoms with van der Waals surface area (Å²) in [4.78, 5) is 13.1. The number of likely N-dealkylation sites (N-methyl/N-ethyl adjacent to an activating group) is 1. The van der Waals surface area contributed by atoms with Crippen molar-refractivity contribution in [1.29, 1.82) is 0 Å². The van der Waals surface area contributed by atoms with Crippen LogP contribution in [0.2, 0.25) is 0 Å². The molecule has 0 unspecified atom stereocenters. The van der Waals surface area contributed by atoms with Gasteiger partial charge in [-0.3, -0.25) is 4.79 Å². The van der Waals surface area contributed by atoms with Gasteiger partial charge in [0.25, 0.3) is 0 Å². The van der Waals surface area contributed by atoms with E-state index in [1.165, 1.54) is 18.2 Å². The number of rotatable bonds is 4. The summed E-state index contributed by atoms with van der Waals surface area (Å²) in [7, 11) is 1.15. The van der Waals surface area contributed by atoms with E-state index in [0.29, 0.717) is 0 Å². The summed E-state index contributed by atoms with van der Waals surface area (Å²) in [6.07, 6.45) is -9.12. The second-order valence-electron chi connectivity index (χ2n) is 6.24. The number of carbonyl (C=O) groups is 1. The molecule has 0 spiro atoms. The number of carbonyl (C=O) groups excluding carboxylic acids is 1. The normalized spacial score (nSPS) is 22.0. The third-order valence-electron chi connectivity index (χ3n) is 4.42. The van der Waals surface area contributed by atoms with E-state index in [0.717, 1.165) is 24.9 Å². The average molecular weight is 393 g/mol. The minimum absolute atomic E-state index is 0.0710. The molecule has 1 aliphatic heterocycles. The molecule has 1 heterocycles. The van der Waals surface area contributed by atoms with Gasteiger partial charge in [0.1, 0.15) is 0 Å². The molecule has 2 rings (SSSR count). The number of para-hydroxylation sites is 1. The van der Waals surface area contributed by atoms with Crippen molar-refractivity contribution in [2.24, 2.45) is 0 Å². The zero-order chi connectivity index (χ0) is 20.3. The van der Waals surface area contributed by atoms with E-state index in [9.17, 15) is 44.3 Å². The second-order valence-corrected chi connectivity index (χ2v) is 6.24. The first-order chi connectivity index (χ1) is 11.5. The molecule has 1 aromatic rings. The van der Waals surface area contributed by atoms with E-state index in [4.69, 9.17) is 0 Å². The highest BCUT2D eigenvalue weighted by atomic mass is 19.4. The number of hydrogen-bond acceptors (Lipinski definition) is 1. The Bertz CT molecular complexity index is 728. The Morgan fingerprint density at radius 1 is 0.923 bits per heavy atom. The Hall–Kier alpha value is -1.94. The van der Waals surface area contributed by atoms with Gasteiger partial charge in [0.05, 0.1) is 5.41 Å². The van der Waals surface area contributed by atoms with Crippen LogP contribution in [0, 0.1) is 0 Å². The Balaban J connectivity index is 2.51. The molecule has 26 heavy (non-hydrogen) atoms. The van der Waals surface area contributed by atoms with Gasteiger partial charge in [-0.2, -0.15) is 39.5 Å². The topological polar surface area (TPSA) is 20.3 Å². The van der Waals surface area contributed by atoms with Crippen LogP contribution in [0.15, 0.2) is 24.3 Å². The fourth-order valence-corrected chi connectivity index (χ4v) is 2.96. The predicted molar refractivity (Wildman–Crippen MR) is 72.7 cm³/mol. The van der Waals surface area contributed by atoms with Crippen LogP contribution in [0.4, 0.5) is 45.2 Å². The smallest absolute Gasteiger partial charge is 0.314 e. The Labute approximate surface area is 141 Å². The Kier molecular flexibility index (Phi) is 4.33. The Morgan fingerprint density at radius 3 is 1.92 bits per heavy atom. The SMILES string of the molecule is CN1C(=O)[C@@](C)(CC(F)(F)C(F)(F)C(F)(F)C(F)(F)F)c2ccccc21. The molecule has 1 aliphatic rings. The molecule has 2 nitrogen and oxygen atoms in total. The number of nitrogens with zero attached hydrogens (tertiary/aromatic N) is 1.